The molecule has 0 aromatic rings. The first-order valence-electron chi connectivity index (χ1n) is 1.65. The molecular weight excluding hydrogens is 71.0 g/mol. The molecule has 32 valence electrons. The Hall–Kier alpha value is -0.110. The van der Waals surface area contributed by atoms with Crippen molar-refractivity contribution < 1.29 is 9.47 Å². The van der Waals surface area contributed by atoms with Crippen LogP contribution in [-0.4, -0.2) is 6.61 Å². The second-order valence-electron chi connectivity index (χ2n) is 0.813. The first-order valence-corrected chi connectivity index (χ1v) is 1.65. The summed E-state index contributed by atoms with van der Waals surface area (Å²) in [6.45, 7) is 2.07. The molecule has 0 unspecified atom stereocenters. The van der Waals surface area contributed by atoms with Crippen molar-refractivity contribution in [2.45, 2.75) is 13.3 Å². The summed E-state index contributed by atoms with van der Waals surface area (Å²) in [5, 5.41) is 0. The van der Waals surface area contributed by atoms with Crippen molar-refractivity contribution in [1.82, 2.24) is 0 Å². The summed E-state index contributed by atoms with van der Waals surface area (Å²) in [7, 11) is 0. The van der Waals surface area contributed by atoms with Crippen molar-refractivity contribution in [3.05, 3.63) is 0 Å². The summed E-state index contributed by atoms with van der Waals surface area (Å²) in [4.78, 5) is 3.19. The third-order valence-electron chi connectivity index (χ3n) is 0.281. The van der Waals surface area contributed by atoms with Crippen LogP contribution in [0.3, 0.4) is 0 Å². The fraction of sp³-hybridized carbons (Fsp3) is 1.00. The van der Waals surface area contributed by atoms with Gasteiger partial charge in [-0.2, -0.15) is 4.94 Å². The SMILES string of the molecule is CCCOF. The third-order valence-corrected chi connectivity index (χ3v) is 0.281. The van der Waals surface area contributed by atoms with Gasteiger partial charge in [0.05, 0.1) is 6.61 Å². The summed E-state index contributed by atoms with van der Waals surface area (Å²) in [6.07, 6.45) is 0.747. The van der Waals surface area contributed by atoms with E-state index in [9.17, 15) is 4.53 Å². The van der Waals surface area contributed by atoms with E-state index in [-0.39, 0.29) is 6.61 Å². The second kappa shape index (κ2) is 3.89. The molecule has 0 aromatic heterocycles. The predicted octanol–water partition coefficient (Wildman–Crippen LogP) is 1.30. The maximum atomic E-state index is 10.5. The molecule has 0 bridgehead atoms. The van der Waals surface area contributed by atoms with Crippen molar-refractivity contribution in [2.75, 3.05) is 6.61 Å². The first kappa shape index (κ1) is 4.89. The number of halogens is 1. The van der Waals surface area contributed by atoms with Crippen molar-refractivity contribution in [3.63, 3.8) is 0 Å². The zero-order valence-electron chi connectivity index (χ0n) is 3.20. The van der Waals surface area contributed by atoms with Gasteiger partial charge in [0.15, 0.2) is 0 Å². The molecule has 0 spiro atoms. The first-order chi connectivity index (χ1) is 2.41. The van der Waals surface area contributed by atoms with Crippen LogP contribution in [0.1, 0.15) is 13.3 Å². The molecule has 0 aliphatic carbocycles. The molecule has 0 rings (SSSR count). The van der Waals surface area contributed by atoms with Crippen molar-refractivity contribution in [1.29, 1.82) is 0 Å². The lowest BCUT2D eigenvalue weighted by molar-refractivity contribution is -0.131. The Balaban J connectivity index is 2.19. The van der Waals surface area contributed by atoms with Crippen LogP contribution in [0.5, 0.6) is 0 Å². The second-order valence-corrected chi connectivity index (χ2v) is 0.813. The summed E-state index contributed by atoms with van der Waals surface area (Å²) in [5.74, 6) is 0. The molecule has 0 atom stereocenters. The van der Waals surface area contributed by atoms with E-state index in [1.165, 1.54) is 0 Å². The van der Waals surface area contributed by atoms with Gasteiger partial charge in [-0.05, 0) is 10.9 Å². The Labute approximate surface area is 30.6 Å². The maximum absolute atomic E-state index is 10.5. The molecule has 0 N–H and O–H groups in total. The molecule has 0 saturated carbocycles. The molecule has 2 heteroatoms. The lowest BCUT2D eigenvalue weighted by Gasteiger charge is -1.77. The van der Waals surface area contributed by atoms with Gasteiger partial charge in [0.2, 0.25) is 0 Å². The van der Waals surface area contributed by atoms with Crippen LogP contribution in [0.25, 0.3) is 0 Å². The molecule has 5 heavy (non-hydrogen) atoms. The zero-order chi connectivity index (χ0) is 4.12. The van der Waals surface area contributed by atoms with E-state index in [0.717, 1.165) is 6.42 Å². The minimum atomic E-state index is 0.222. The third kappa shape index (κ3) is 3.89. The van der Waals surface area contributed by atoms with Gasteiger partial charge in [-0.15, -0.1) is 0 Å². The van der Waals surface area contributed by atoms with E-state index in [0.29, 0.717) is 0 Å². The Kier molecular flexibility index (Phi) is 3.80. The van der Waals surface area contributed by atoms with Gasteiger partial charge in [-0.1, -0.05) is 6.92 Å². The van der Waals surface area contributed by atoms with Crippen LogP contribution in [0.15, 0.2) is 0 Å². The highest BCUT2D eigenvalue weighted by atomic mass is 19.3. The average Bonchev–Trinajstić information content (AvgIpc) is 1.41. The highest BCUT2D eigenvalue weighted by Gasteiger charge is 1.70. The van der Waals surface area contributed by atoms with Crippen molar-refractivity contribution in [3.8, 4) is 0 Å². The van der Waals surface area contributed by atoms with Gasteiger partial charge in [0.1, 0.15) is 0 Å². The molecule has 1 nitrogen and oxygen atoms in total. The van der Waals surface area contributed by atoms with Gasteiger partial charge in [-0.3, -0.25) is 0 Å². The minimum absolute atomic E-state index is 0.222. The number of hydrogen-bond donors (Lipinski definition) is 0. The molecule has 0 heterocycles. The minimum Gasteiger partial charge on any atom is -0.194 e. The molecular formula is C3H7FO. The highest BCUT2D eigenvalue weighted by Crippen LogP contribution is 1.75. The standard InChI is InChI=1S/C3H7FO/c1-2-3-5-4/h2-3H2,1H3. The summed E-state index contributed by atoms with van der Waals surface area (Å²) in [6, 6.07) is 0. The van der Waals surface area contributed by atoms with Gasteiger partial charge >= 0.3 is 0 Å². The van der Waals surface area contributed by atoms with Gasteiger partial charge in [-0.25, -0.2) is 0 Å². The monoisotopic (exact) mass is 78.0 g/mol. The molecule has 0 saturated heterocycles. The lowest BCUT2D eigenvalue weighted by atomic mass is 10.5. The zero-order valence-corrected chi connectivity index (χ0v) is 3.20. The predicted molar refractivity (Wildman–Crippen MR) is 17.4 cm³/mol. The fourth-order valence-corrected chi connectivity index (χ4v) is 0.0772. The van der Waals surface area contributed by atoms with Crippen LogP contribution < -0.4 is 0 Å². The van der Waals surface area contributed by atoms with Crippen LogP contribution >= 0.6 is 0 Å². The maximum Gasteiger partial charge on any atom is 0.0873 e. The number of rotatable bonds is 2. The van der Waals surface area contributed by atoms with E-state index in [4.69, 9.17) is 0 Å². The van der Waals surface area contributed by atoms with Crippen LogP contribution in [-0.2, 0) is 4.94 Å². The normalized spacial score (nSPS) is 8.40. The topological polar surface area (TPSA) is 9.23 Å². The summed E-state index contributed by atoms with van der Waals surface area (Å²) in [5.41, 5.74) is 0. The summed E-state index contributed by atoms with van der Waals surface area (Å²) < 4.78 is 10.5. The Morgan fingerprint density at radius 3 is 2.40 bits per heavy atom. The quantitative estimate of drug-likeness (QED) is 0.483. The molecule has 0 aromatic carbocycles. The van der Waals surface area contributed by atoms with Crippen molar-refractivity contribution in [2.24, 2.45) is 0 Å². The molecule has 0 aliphatic rings. The molecule has 0 aliphatic heterocycles. The Morgan fingerprint density at radius 2 is 2.40 bits per heavy atom. The van der Waals surface area contributed by atoms with E-state index in [2.05, 4.69) is 4.94 Å². The smallest absolute Gasteiger partial charge is 0.0873 e. The van der Waals surface area contributed by atoms with Crippen LogP contribution in [0, 0.1) is 0 Å². The highest BCUT2D eigenvalue weighted by molar-refractivity contribution is 4.12. The summed E-state index contributed by atoms with van der Waals surface area (Å²) >= 11 is 0. The molecule has 0 radical (unpaired) electrons. The van der Waals surface area contributed by atoms with E-state index in [1.54, 1.807) is 0 Å². The van der Waals surface area contributed by atoms with E-state index < -0.39 is 0 Å². The largest absolute Gasteiger partial charge is 0.194 e. The average molecular weight is 78.1 g/mol. The lowest BCUT2D eigenvalue weighted by Crippen LogP contribution is -1.75. The van der Waals surface area contributed by atoms with Gasteiger partial charge in [0.25, 0.3) is 0 Å². The molecule has 0 amide bonds. The Bertz CT molecular complexity index is 14.4. The van der Waals surface area contributed by atoms with Gasteiger partial charge < -0.3 is 0 Å². The van der Waals surface area contributed by atoms with Crippen molar-refractivity contribution >= 4 is 0 Å². The van der Waals surface area contributed by atoms with E-state index >= 15 is 0 Å². The van der Waals surface area contributed by atoms with Crippen LogP contribution in [0.4, 0.5) is 4.53 Å². The number of hydrogen-bond acceptors (Lipinski definition) is 1. The van der Waals surface area contributed by atoms with Crippen LogP contribution in [0.2, 0.25) is 0 Å². The Morgan fingerprint density at radius 1 is 1.80 bits per heavy atom. The molecule has 0 fully saturated rings. The van der Waals surface area contributed by atoms with Gasteiger partial charge in [0, 0.05) is 0 Å². The fourth-order valence-electron chi connectivity index (χ4n) is 0.0772. The van der Waals surface area contributed by atoms with E-state index in [1.807, 2.05) is 6.92 Å².